The largest absolute Gasteiger partial charge is 0.309 e. The van der Waals surface area contributed by atoms with Crippen LogP contribution in [0.5, 0.6) is 0 Å². The molecule has 4 heteroatoms. The summed E-state index contributed by atoms with van der Waals surface area (Å²) in [4.78, 5) is 0. The Labute approximate surface area is 372 Å². The zero-order valence-electron chi connectivity index (χ0n) is 34.6. The average Bonchev–Trinajstić information content (AvgIpc) is 4.10. The van der Waals surface area contributed by atoms with Crippen LogP contribution in [0.4, 0.5) is 0 Å². The van der Waals surface area contributed by atoms with E-state index in [0.29, 0.717) is 0 Å². The zero-order valence-corrected chi connectivity index (χ0v) is 35.4. The fraction of sp³-hybridized carbons (Fsp3) is 0. The van der Waals surface area contributed by atoms with Crippen molar-refractivity contribution in [2.75, 3.05) is 0 Å². The predicted molar refractivity (Wildman–Crippen MR) is 273 cm³/mol. The first-order valence-corrected chi connectivity index (χ1v) is 22.7. The van der Waals surface area contributed by atoms with Crippen molar-refractivity contribution in [2.24, 2.45) is 0 Å². The molecule has 0 aliphatic carbocycles. The van der Waals surface area contributed by atoms with Crippen LogP contribution in [-0.4, -0.2) is 13.7 Å². The Morgan fingerprint density at radius 2 is 0.688 bits per heavy atom. The fourth-order valence-electron chi connectivity index (χ4n) is 10.7. The minimum atomic E-state index is 1.14. The van der Waals surface area contributed by atoms with Crippen molar-refractivity contribution in [1.82, 2.24) is 13.7 Å². The zero-order chi connectivity index (χ0) is 41.9. The molecular weight excluding hydrogens is 795 g/mol. The second-order valence-electron chi connectivity index (χ2n) is 16.9. The second kappa shape index (κ2) is 13.7. The quantitative estimate of drug-likeness (QED) is 0.164. The van der Waals surface area contributed by atoms with Crippen LogP contribution in [0, 0.1) is 0 Å². The van der Waals surface area contributed by atoms with Gasteiger partial charge in [0.05, 0.1) is 38.8 Å². The van der Waals surface area contributed by atoms with Crippen molar-refractivity contribution in [2.45, 2.75) is 0 Å². The van der Waals surface area contributed by atoms with E-state index in [1.165, 1.54) is 114 Å². The van der Waals surface area contributed by atoms with Gasteiger partial charge in [-0.25, -0.2) is 0 Å². The molecule has 14 aromatic rings. The summed E-state index contributed by atoms with van der Waals surface area (Å²) in [5.74, 6) is 0. The molecule has 298 valence electrons. The predicted octanol–water partition coefficient (Wildman–Crippen LogP) is 16.7. The number of rotatable bonds is 5. The molecule has 0 atom stereocenters. The molecule has 3 nitrogen and oxygen atoms in total. The van der Waals surface area contributed by atoms with Crippen LogP contribution < -0.4 is 0 Å². The lowest BCUT2D eigenvalue weighted by Crippen LogP contribution is -1.98. The van der Waals surface area contributed by atoms with E-state index in [4.69, 9.17) is 0 Å². The smallest absolute Gasteiger partial charge is 0.0561 e. The van der Waals surface area contributed by atoms with Gasteiger partial charge in [-0.05, 0) is 101 Å². The summed E-state index contributed by atoms with van der Waals surface area (Å²) in [6.45, 7) is 0. The van der Waals surface area contributed by atoms with Crippen LogP contribution >= 0.6 is 11.3 Å². The number of aromatic nitrogens is 3. The Morgan fingerprint density at radius 1 is 0.266 bits per heavy atom. The van der Waals surface area contributed by atoms with Crippen molar-refractivity contribution < 1.29 is 0 Å². The van der Waals surface area contributed by atoms with Gasteiger partial charge in [0.2, 0.25) is 0 Å². The summed E-state index contributed by atoms with van der Waals surface area (Å²) < 4.78 is 9.97. The van der Waals surface area contributed by atoms with Gasteiger partial charge < -0.3 is 13.7 Å². The van der Waals surface area contributed by atoms with Gasteiger partial charge in [0.1, 0.15) is 0 Å². The SMILES string of the molecule is c1ccc(-c2ccccc2-c2cc(-n3c4ccccc4c4cc(-n5c6ccccc6c6cc(-n7c8ccccc8c8ccccc87)ccc65)ccc43)c3c(c2)sc2ccccc23)cc1. The molecule has 0 saturated heterocycles. The highest BCUT2D eigenvalue weighted by Gasteiger charge is 2.22. The Morgan fingerprint density at radius 3 is 1.27 bits per heavy atom. The molecule has 0 amide bonds. The molecule has 0 aliphatic rings. The van der Waals surface area contributed by atoms with Gasteiger partial charge in [0.25, 0.3) is 0 Å². The minimum absolute atomic E-state index is 1.14. The van der Waals surface area contributed by atoms with Gasteiger partial charge in [-0.3, -0.25) is 0 Å². The molecule has 0 aliphatic heterocycles. The first-order chi connectivity index (χ1) is 31.8. The van der Waals surface area contributed by atoms with E-state index < -0.39 is 0 Å². The van der Waals surface area contributed by atoms with E-state index in [-0.39, 0.29) is 0 Å². The lowest BCUT2D eigenvalue weighted by Gasteiger charge is -2.16. The molecule has 0 N–H and O–H groups in total. The molecule has 4 heterocycles. The Bertz CT molecular complexity index is 4140. The van der Waals surface area contributed by atoms with E-state index in [1.807, 2.05) is 11.3 Å². The summed E-state index contributed by atoms with van der Waals surface area (Å²) in [7, 11) is 0. The summed E-state index contributed by atoms with van der Waals surface area (Å²) in [5, 5.41) is 10.0. The van der Waals surface area contributed by atoms with Gasteiger partial charge in [0, 0.05) is 63.9 Å². The van der Waals surface area contributed by atoms with Gasteiger partial charge in [-0.2, -0.15) is 0 Å². The topological polar surface area (TPSA) is 14.8 Å². The van der Waals surface area contributed by atoms with Crippen LogP contribution in [0.3, 0.4) is 0 Å². The van der Waals surface area contributed by atoms with E-state index in [2.05, 4.69) is 238 Å². The van der Waals surface area contributed by atoms with Gasteiger partial charge in [-0.15, -0.1) is 11.3 Å². The van der Waals surface area contributed by atoms with Crippen molar-refractivity contribution >= 4 is 96.9 Å². The van der Waals surface area contributed by atoms with Crippen molar-refractivity contribution in [3.8, 4) is 39.3 Å². The molecule has 14 rings (SSSR count). The fourth-order valence-corrected chi connectivity index (χ4v) is 11.9. The summed E-state index contributed by atoms with van der Waals surface area (Å²) >= 11 is 1.88. The molecule has 0 spiro atoms. The summed E-state index contributed by atoms with van der Waals surface area (Å²) in [6.07, 6.45) is 0. The second-order valence-corrected chi connectivity index (χ2v) is 17.9. The molecule has 0 unspecified atom stereocenters. The average molecular weight is 832 g/mol. The van der Waals surface area contributed by atoms with E-state index >= 15 is 0 Å². The molecule has 0 saturated carbocycles. The maximum Gasteiger partial charge on any atom is 0.0561 e. The van der Waals surface area contributed by atoms with Gasteiger partial charge in [-0.1, -0.05) is 146 Å². The number of thiophene rings is 1. The van der Waals surface area contributed by atoms with Gasteiger partial charge in [0.15, 0.2) is 0 Å². The number of para-hydroxylation sites is 4. The molecule has 0 fully saturated rings. The van der Waals surface area contributed by atoms with E-state index in [0.717, 1.165) is 11.4 Å². The number of hydrogen-bond donors (Lipinski definition) is 0. The third kappa shape index (κ3) is 5.09. The van der Waals surface area contributed by atoms with Crippen LogP contribution in [0.25, 0.3) is 125 Å². The highest BCUT2D eigenvalue weighted by molar-refractivity contribution is 7.26. The number of nitrogens with zero attached hydrogens (tertiary/aromatic N) is 3. The van der Waals surface area contributed by atoms with Gasteiger partial charge >= 0.3 is 0 Å². The minimum Gasteiger partial charge on any atom is -0.309 e. The van der Waals surface area contributed by atoms with Crippen LogP contribution in [-0.2, 0) is 0 Å². The van der Waals surface area contributed by atoms with Crippen LogP contribution in [0.1, 0.15) is 0 Å². The first kappa shape index (κ1) is 35.4. The van der Waals surface area contributed by atoms with Crippen molar-refractivity contribution in [3.05, 3.63) is 224 Å². The third-order valence-electron chi connectivity index (χ3n) is 13.4. The lowest BCUT2D eigenvalue weighted by molar-refractivity contribution is 1.16. The maximum atomic E-state index is 2.52. The van der Waals surface area contributed by atoms with E-state index in [1.54, 1.807) is 0 Å². The Kier molecular flexibility index (Phi) is 7.56. The number of fused-ring (bicyclic) bond motifs is 12. The number of hydrogen-bond acceptors (Lipinski definition) is 1. The lowest BCUT2D eigenvalue weighted by atomic mass is 9.93. The first-order valence-electron chi connectivity index (χ1n) is 21.9. The monoisotopic (exact) mass is 831 g/mol. The summed E-state index contributed by atoms with van der Waals surface area (Å²) in [6, 6.07) is 82.7. The Balaban J connectivity index is 1.01. The molecule has 10 aromatic carbocycles. The Hall–Kier alpha value is -8.18. The number of benzene rings is 10. The molecule has 0 radical (unpaired) electrons. The van der Waals surface area contributed by atoms with Crippen LogP contribution in [0.2, 0.25) is 0 Å². The standard InChI is InChI=1S/C60H37N3S/c1-2-16-38(17-3-1)42-18-4-5-19-43(42)39-34-57(60-48-24-10-15-29-58(48)64-59(60)35-39)63-54-28-14-9-23-47(54)50-37-41(31-33-56(50)63)62-53-27-13-8-22-46(53)49-36-40(30-32-55(49)62)61-51-25-11-6-20-44(51)45-21-7-12-26-52(45)61/h1-37H. The molecular formula is C60H37N3S. The van der Waals surface area contributed by atoms with E-state index in [9.17, 15) is 0 Å². The molecule has 0 bridgehead atoms. The summed E-state index contributed by atoms with van der Waals surface area (Å²) in [5.41, 5.74) is 15.6. The highest BCUT2D eigenvalue weighted by Crippen LogP contribution is 2.45. The maximum absolute atomic E-state index is 2.52. The third-order valence-corrected chi connectivity index (χ3v) is 14.5. The molecule has 64 heavy (non-hydrogen) atoms. The van der Waals surface area contributed by atoms with Crippen molar-refractivity contribution in [1.29, 1.82) is 0 Å². The highest BCUT2D eigenvalue weighted by atomic mass is 32.1. The molecule has 4 aromatic heterocycles. The normalized spacial score (nSPS) is 12.1. The van der Waals surface area contributed by atoms with Crippen LogP contribution in [0.15, 0.2) is 224 Å². The van der Waals surface area contributed by atoms with Crippen molar-refractivity contribution in [3.63, 3.8) is 0 Å².